The van der Waals surface area contributed by atoms with E-state index in [9.17, 15) is 19.5 Å². The van der Waals surface area contributed by atoms with Gasteiger partial charge in [0.25, 0.3) is 0 Å². The fourth-order valence-electron chi connectivity index (χ4n) is 3.84. The first-order chi connectivity index (χ1) is 15.4. The van der Waals surface area contributed by atoms with Crippen molar-refractivity contribution >= 4 is 18.0 Å². The van der Waals surface area contributed by atoms with Crippen molar-refractivity contribution in [1.29, 1.82) is 0 Å². The lowest BCUT2D eigenvalue weighted by atomic mass is 9.98. The van der Waals surface area contributed by atoms with E-state index in [-0.39, 0.29) is 25.5 Å². The molecule has 0 bridgehead atoms. The largest absolute Gasteiger partial charge is 0.480 e. The quantitative estimate of drug-likeness (QED) is 0.525. The average Bonchev–Trinajstić information content (AvgIpc) is 3.08. The number of fused-ring (bicyclic) bond motifs is 3. The summed E-state index contributed by atoms with van der Waals surface area (Å²) in [5, 5.41) is 14.3. The first-order valence-electron chi connectivity index (χ1n) is 10.6. The van der Waals surface area contributed by atoms with Crippen LogP contribution < -0.4 is 10.6 Å². The Kier molecular flexibility index (Phi) is 7.83. The van der Waals surface area contributed by atoms with Gasteiger partial charge in [-0.05, 0) is 42.8 Å². The second-order valence-corrected chi connectivity index (χ2v) is 8.05. The molecule has 2 amide bonds. The number of nitrogens with one attached hydrogen (secondary N) is 2. The number of carboxylic acids is 1. The summed E-state index contributed by atoms with van der Waals surface area (Å²) in [7, 11) is 3.66. The van der Waals surface area contributed by atoms with Crippen LogP contribution in [0.5, 0.6) is 0 Å². The number of carbonyl (C=O) groups is 3. The van der Waals surface area contributed by atoms with Crippen molar-refractivity contribution in [3.63, 3.8) is 0 Å². The Balaban J connectivity index is 1.45. The second kappa shape index (κ2) is 10.8. The van der Waals surface area contributed by atoms with Gasteiger partial charge in [-0.2, -0.15) is 0 Å². The molecule has 170 valence electrons. The second-order valence-electron chi connectivity index (χ2n) is 8.05. The highest BCUT2D eigenvalue weighted by Gasteiger charge is 2.29. The summed E-state index contributed by atoms with van der Waals surface area (Å²) in [6, 6.07) is 15.2. The minimum atomic E-state index is -1.08. The lowest BCUT2D eigenvalue weighted by molar-refractivity contribution is -0.142. The van der Waals surface area contributed by atoms with Crippen molar-refractivity contribution in [2.45, 2.75) is 24.8 Å². The Bertz CT molecular complexity index is 930. The van der Waals surface area contributed by atoms with Crippen LogP contribution in [0.3, 0.4) is 0 Å². The van der Waals surface area contributed by atoms with Crippen molar-refractivity contribution in [2.24, 2.45) is 0 Å². The Morgan fingerprint density at radius 1 is 1.03 bits per heavy atom. The normalized spacial score (nSPS) is 13.2. The SMILES string of the molecule is CN(C)CCC(NC(=O)CCNC(=O)OCC1c2ccccc2-c2ccccc21)C(=O)O. The first-order valence-corrected chi connectivity index (χ1v) is 10.6. The monoisotopic (exact) mass is 439 g/mol. The van der Waals surface area contributed by atoms with Crippen LogP contribution in [-0.2, 0) is 14.3 Å². The van der Waals surface area contributed by atoms with Gasteiger partial charge in [0.1, 0.15) is 12.6 Å². The lowest BCUT2D eigenvalue weighted by Gasteiger charge is -2.17. The number of benzene rings is 2. The number of nitrogens with zero attached hydrogens (tertiary/aromatic N) is 1. The molecule has 3 N–H and O–H groups in total. The molecule has 0 saturated carbocycles. The van der Waals surface area contributed by atoms with Gasteiger partial charge in [0, 0.05) is 25.4 Å². The Hall–Kier alpha value is -3.39. The number of aliphatic carboxylic acids is 1. The van der Waals surface area contributed by atoms with Gasteiger partial charge in [0.15, 0.2) is 0 Å². The molecule has 8 heteroatoms. The molecule has 3 rings (SSSR count). The number of rotatable bonds is 10. The third-order valence-corrected chi connectivity index (χ3v) is 5.46. The van der Waals surface area contributed by atoms with Crippen molar-refractivity contribution in [3.8, 4) is 11.1 Å². The molecule has 1 aliphatic carbocycles. The van der Waals surface area contributed by atoms with Gasteiger partial charge >= 0.3 is 12.1 Å². The molecular formula is C24H29N3O5. The maximum absolute atomic E-state index is 12.1. The zero-order valence-electron chi connectivity index (χ0n) is 18.3. The van der Waals surface area contributed by atoms with Crippen molar-refractivity contribution in [2.75, 3.05) is 33.8 Å². The van der Waals surface area contributed by atoms with E-state index in [0.29, 0.717) is 13.0 Å². The molecule has 0 fully saturated rings. The fourth-order valence-corrected chi connectivity index (χ4v) is 3.84. The van der Waals surface area contributed by atoms with Gasteiger partial charge in [0.2, 0.25) is 5.91 Å². The van der Waals surface area contributed by atoms with Crippen LogP contribution >= 0.6 is 0 Å². The summed E-state index contributed by atoms with van der Waals surface area (Å²) in [5.74, 6) is -1.55. The summed E-state index contributed by atoms with van der Waals surface area (Å²) in [4.78, 5) is 37.3. The number of ether oxygens (including phenoxy) is 1. The molecule has 8 nitrogen and oxygen atoms in total. The third-order valence-electron chi connectivity index (χ3n) is 5.46. The molecule has 0 spiro atoms. The highest BCUT2D eigenvalue weighted by atomic mass is 16.5. The van der Waals surface area contributed by atoms with Gasteiger partial charge in [-0.25, -0.2) is 9.59 Å². The van der Waals surface area contributed by atoms with Gasteiger partial charge in [-0.15, -0.1) is 0 Å². The smallest absolute Gasteiger partial charge is 0.407 e. The highest BCUT2D eigenvalue weighted by molar-refractivity contribution is 5.84. The molecule has 0 aliphatic heterocycles. The van der Waals surface area contributed by atoms with Crippen LogP contribution in [0.15, 0.2) is 48.5 Å². The Labute approximate surface area is 187 Å². The maximum Gasteiger partial charge on any atom is 0.407 e. The highest BCUT2D eigenvalue weighted by Crippen LogP contribution is 2.44. The predicted octanol–water partition coefficient (Wildman–Crippen LogP) is 2.44. The number of hydrogen-bond donors (Lipinski definition) is 3. The van der Waals surface area contributed by atoms with Crippen LogP contribution in [0.4, 0.5) is 4.79 Å². The summed E-state index contributed by atoms with van der Waals surface area (Å²) in [5.41, 5.74) is 4.55. The fraction of sp³-hybridized carbons (Fsp3) is 0.375. The van der Waals surface area contributed by atoms with Gasteiger partial charge in [-0.3, -0.25) is 4.79 Å². The number of amides is 2. The van der Waals surface area contributed by atoms with Crippen LogP contribution in [0, 0.1) is 0 Å². The molecule has 1 aliphatic rings. The van der Waals surface area contributed by atoms with E-state index in [2.05, 4.69) is 22.8 Å². The minimum Gasteiger partial charge on any atom is -0.480 e. The number of carboxylic acid groups (broad SMARTS) is 1. The van der Waals surface area contributed by atoms with Crippen molar-refractivity contribution in [3.05, 3.63) is 59.7 Å². The van der Waals surface area contributed by atoms with Crippen LogP contribution in [0.2, 0.25) is 0 Å². The topological polar surface area (TPSA) is 108 Å². The standard InChI is InChI=1S/C24H29N3O5/c1-27(2)14-12-21(23(29)30)26-22(28)11-13-25-24(31)32-15-20-18-9-5-3-7-16(18)17-8-4-6-10-19(17)20/h3-10,20-21H,11-15H2,1-2H3,(H,25,31)(H,26,28)(H,29,30). The summed E-state index contributed by atoms with van der Waals surface area (Å²) < 4.78 is 5.42. The summed E-state index contributed by atoms with van der Waals surface area (Å²) >= 11 is 0. The number of alkyl carbamates (subject to hydrolysis) is 1. The third kappa shape index (κ3) is 5.85. The maximum atomic E-state index is 12.1. The van der Waals surface area contributed by atoms with Crippen LogP contribution in [0.1, 0.15) is 29.9 Å². The molecule has 2 aromatic carbocycles. The minimum absolute atomic E-state index is 0.0318. The van der Waals surface area contributed by atoms with E-state index in [1.54, 1.807) is 0 Å². The molecule has 1 atom stereocenters. The lowest BCUT2D eigenvalue weighted by Crippen LogP contribution is -2.43. The van der Waals surface area contributed by atoms with Crippen molar-refractivity contribution in [1.82, 2.24) is 15.5 Å². The zero-order valence-corrected chi connectivity index (χ0v) is 18.3. The molecular weight excluding hydrogens is 410 g/mol. The molecule has 1 unspecified atom stereocenters. The first kappa shape index (κ1) is 23.3. The van der Waals surface area contributed by atoms with Gasteiger partial charge in [0.05, 0.1) is 0 Å². The number of carbonyl (C=O) groups excluding carboxylic acids is 2. The van der Waals surface area contributed by atoms with Crippen LogP contribution in [-0.4, -0.2) is 67.8 Å². The molecule has 32 heavy (non-hydrogen) atoms. The zero-order chi connectivity index (χ0) is 23.1. The van der Waals surface area contributed by atoms with E-state index < -0.39 is 24.0 Å². The van der Waals surface area contributed by atoms with Gasteiger partial charge in [-0.1, -0.05) is 48.5 Å². The molecule has 0 aromatic heterocycles. The molecule has 0 saturated heterocycles. The predicted molar refractivity (Wildman–Crippen MR) is 120 cm³/mol. The molecule has 2 aromatic rings. The van der Waals surface area contributed by atoms with E-state index in [1.165, 1.54) is 0 Å². The van der Waals surface area contributed by atoms with Crippen LogP contribution in [0.25, 0.3) is 11.1 Å². The van der Waals surface area contributed by atoms with E-state index in [0.717, 1.165) is 22.3 Å². The molecule has 0 radical (unpaired) electrons. The van der Waals surface area contributed by atoms with Gasteiger partial charge < -0.3 is 25.4 Å². The Morgan fingerprint density at radius 3 is 2.19 bits per heavy atom. The van der Waals surface area contributed by atoms with E-state index >= 15 is 0 Å². The average molecular weight is 440 g/mol. The van der Waals surface area contributed by atoms with E-state index in [4.69, 9.17) is 4.74 Å². The molecule has 0 heterocycles. The van der Waals surface area contributed by atoms with E-state index in [1.807, 2.05) is 55.4 Å². The summed E-state index contributed by atoms with van der Waals surface area (Å²) in [6.07, 6.45) is -0.342. The summed E-state index contributed by atoms with van der Waals surface area (Å²) in [6.45, 7) is 0.787. The number of hydrogen-bond acceptors (Lipinski definition) is 5. The van der Waals surface area contributed by atoms with Crippen molar-refractivity contribution < 1.29 is 24.2 Å². The Morgan fingerprint density at radius 2 is 1.62 bits per heavy atom.